The second kappa shape index (κ2) is 7.64. The van der Waals surface area contributed by atoms with Crippen molar-refractivity contribution in [3.05, 3.63) is 59.9 Å². The maximum atomic E-state index is 13.2. The van der Waals surface area contributed by atoms with E-state index in [1.165, 1.54) is 12.1 Å². The average molecular weight is 289 g/mol. The van der Waals surface area contributed by atoms with E-state index >= 15 is 0 Å². The molecule has 4 heteroatoms. The molecule has 112 valence electrons. The Labute approximate surface area is 124 Å². The highest BCUT2D eigenvalue weighted by Gasteiger charge is 2.09. The summed E-state index contributed by atoms with van der Waals surface area (Å²) in [6.07, 6.45) is 0.741. The Kier molecular flexibility index (Phi) is 5.58. The lowest BCUT2D eigenvalue weighted by atomic mass is 10.1. The molecule has 2 N–H and O–H groups in total. The van der Waals surface area contributed by atoms with Crippen LogP contribution >= 0.6 is 0 Å². The fourth-order valence-corrected chi connectivity index (χ4v) is 1.95. The van der Waals surface area contributed by atoms with Crippen molar-refractivity contribution in [3.8, 4) is 11.5 Å². The summed E-state index contributed by atoms with van der Waals surface area (Å²) in [5.74, 6) is 1.17. The molecule has 2 aromatic rings. The minimum Gasteiger partial charge on any atom is -0.493 e. The third kappa shape index (κ3) is 4.76. The molecule has 3 nitrogen and oxygen atoms in total. The zero-order chi connectivity index (χ0) is 15.1. The van der Waals surface area contributed by atoms with Gasteiger partial charge in [0.25, 0.3) is 0 Å². The summed E-state index contributed by atoms with van der Waals surface area (Å²) >= 11 is 0. The molecule has 1 atom stereocenters. The van der Waals surface area contributed by atoms with Gasteiger partial charge >= 0.3 is 0 Å². The molecule has 0 aromatic heterocycles. The zero-order valence-corrected chi connectivity index (χ0v) is 12.1. The second-order valence-electron chi connectivity index (χ2n) is 4.83. The van der Waals surface area contributed by atoms with Gasteiger partial charge in [-0.15, -0.1) is 0 Å². The van der Waals surface area contributed by atoms with Crippen LogP contribution in [-0.2, 0) is 0 Å². The average Bonchev–Trinajstić information content (AvgIpc) is 2.49. The van der Waals surface area contributed by atoms with Gasteiger partial charge in [0.15, 0.2) is 0 Å². The third-order valence-corrected chi connectivity index (χ3v) is 3.02. The van der Waals surface area contributed by atoms with Gasteiger partial charge in [-0.2, -0.15) is 0 Å². The van der Waals surface area contributed by atoms with Crippen molar-refractivity contribution in [1.29, 1.82) is 0 Å². The Morgan fingerprint density at radius 2 is 1.76 bits per heavy atom. The minimum absolute atomic E-state index is 0.267. The van der Waals surface area contributed by atoms with E-state index in [1.807, 2.05) is 30.3 Å². The number of halogens is 1. The first-order chi connectivity index (χ1) is 10.2. The number of para-hydroxylation sites is 1. The van der Waals surface area contributed by atoms with Gasteiger partial charge in [-0.25, -0.2) is 4.39 Å². The summed E-state index contributed by atoms with van der Waals surface area (Å²) in [6, 6.07) is 13.8. The number of nitrogens with two attached hydrogens (primary N) is 1. The minimum atomic E-state index is -0.304. The first-order valence-corrected chi connectivity index (χ1v) is 7.02. The van der Waals surface area contributed by atoms with E-state index in [0.717, 1.165) is 12.2 Å². The quantitative estimate of drug-likeness (QED) is 0.791. The molecule has 0 bridgehead atoms. The summed E-state index contributed by atoms with van der Waals surface area (Å²) in [7, 11) is 0. The molecule has 0 radical (unpaired) electrons. The smallest absolute Gasteiger partial charge is 0.124 e. The van der Waals surface area contributed by atoms with E-state index in [0.29, 0.717) is 24.5 Å². The van der Waals surface area contributed by atoms with Crippen LogP contribution in [0.15, 0.2) is 48.5 Å². The second-order valence-corrected chi connectivity index (χ2v) is 4.83. The molecule has 0 spiro atoms. The van der Waals surface area contributed by atoms with Crippen molar-refractivity contribution in [2.75, 3.05) is 13.2 Å². The van der Waals surface area contributed by atoms with E-state index in [4.69, 9.17) is 15.2 Å². The van der Waals surface area contributed by atoms with Crippen LogP contribution in [0.4, 0.5) is 4.39 Å². The Morgan fingerprint density at radius 3 is 2.48 bits per heavy atom. The molecule has 2 aromatic carbocycles. The lowest BCUT2D eigenvalue weighted by Crippen LogP contribution is -2.10. The highest BCUT2D eigenvalue weighted by molar-refractivity contribution is 5.36. The maximum Gasteiger partial charge on any atom is 0.124 e. The van der Waals surface area contributed by atoms with Crippen LogP contribution in [-0.4, -0.2) is 13.2 Å². The van der Waals surface area contributed by atoms with Crippen LogP contribution in [0.5, 0.6) is 11.5 Å². The molecule has 21 heavy (non-hydrogen) atoms. The zero-order valence-electron chi connectivity index (χ0n) is 12.1. The van der Waals surface area contributed by atoms with Gasteiger partial charge in [-0.05, 0) is 37.3 Å². The van der Waals surface area contributed by atoms with Crippen LogP contribution in [0, 0.1) is 5.82 Å². The van der Waals surface area contributed by atoms with Crippen LogP contribution in [0.25, 0.3) is 0 Å². The first-order valence-electron chi connectivity index (χ1n) is 7.02. The fraction of sp³-hybridized carbons (Fsp3) is 0.294. The van der Waals surface area contributed by atoms with Gasteiger partial charge in [-0.1, -0.05) is 18.2 Å². The molecule has 2 rings (SSSR count). The molecule has 0 amide bonds. The lowest BCUT2D eigenvalue weighted by molar-refractivity contribution is 0.245. The summed E-state index contributed by atoms with van der Waals surface area (Å²) in [6.45, 7) is 2.87. The molecule has 0 heterocycles. The molecule has 0 fully saturated rings. The fourth-order valence-electron chi connectivity index (χ4n) is 1.95. The molecule has 0 unspecified atom stereocenters. The monoisotopic (exact) mass is 289 g/mol. The molecule has 0 aliphatic carbocycles. The first kappa shape index (κ1) is 15.3. The van der Waals surface area contributed by atoms with Gasteiger partial charge in [0, 0.05) is 18.0 Å². The standard InChI is InChI=1S/C17H20FNO2/c1-13(19)16-12-14(18)8-9-17(16)21-11-5-10-20-15-6-3-2-4-7-15/h2-4,6-9,12-13H,5,10-11,19H2,1H3/t13-/m1/s1. The number of ether oxygens (including phenoxy) is 2. The molecule has 0 saturated carbocycles. The topological polar surface area (TPSA) is 44.5 Å². The highest BCUT2D eigenvalue weighted by Crippen LogP contribution is 2.24. The highest BCUT2D eigenvalue weighted by atomic mass is 19.1. The third-order valence-electron chi connectivity index (χ3n) is 3.02. The number of benzene rings is 2. The Hall–Kier alpha value is -2.07. The van der Waals surface area contributed by atoms with Crippen molar-refractivity contribution in [2.24, 2.45) is 5.73 Å². The normalized spacial score (nSPS) is 12.0. The van der Waals surface area contributed by atoms with Gasteiger partial charge in [0.05, 0.1) is 13.2 Å². The van der Waals surface area contributed by atoms with Gasteiger partial charge < -0.3 is 15.2 Å². The summed E-state index contributed by atoms with van der Waals surface area (Å²) in [5, 5.41) is 0. The van der Waals surface area contributed by atoms with Crippen molar-refractivity contribution in [3.63, 3.8) is 0 Å². The van der Waals surface area contributed by atoms with Gasteiger partial charge in [-0.3, -0.25) is 0 Å². The van der Waals surface area contributed by atoms with E-state index in [2.05, 4.69) is 0 Å². The lowest BCUT2D eigenvalue weighted by Gasteiger charge is -2.14. The van der Waals surface area contributed by atoms with Crippen molar-refractivity contribution in [2.45, 2.75) is 19.4 Å². The molecule has 0 aliphatic rings. The van der Waals surface area contributed by atoms with E-state index in [1.54, 1.807) is 13.0 Å². The van der Waals surface area contributed by atoms with Crippen LogP contribution in [0.2, 0.25) is 0 Å². The Balaban J connectivity index is 1.78. The van der Waals surface area contributed by atoms with Crippen LogP contribution in [0.3, 0.4) is 0 Å². The maximum absolute atomic E-state index is 13.2. The molecule has 0 saturated heterocycles. The molecule has 0 aliphatic heterocycles. The summed E-state index contributed by atoms with van der Waals surface area (Å²) in [5.41, 5.74) is 6.50. The van der Waals surface area contributed by atoms with Gasteiger partial charge in [0.2, 0.25) is 0 Å². The summed E-state index contributed by atoms with van der Waals surface area (Å²) < 4.78 is 24.4. The largest absolute Gasteiger partial charge is 0.493 e. The van der Waals surface area contributed by atoms with E-state index < -0.39 is 0 Å². The van der Waals surface area contributed by atoms with Crippen LogP contribution < -0.4 is 15.2 Å². The molecular formula is C17H20FNO2. The predicted octanol–water partition coefficient (Wildman–Crippen LogP) is 3.69. The Morgan fingerprint density at radius 1 is 1.05 bits per heavy atom. The number of hydrogen-bond donors (Lipinski definition) is 1. The van der Waals surface area contributed by atoms with Crippen molar-refractivity contribution in [1.82, 2.24) is 0 Å². The molecular weight excluding hydrogens is 269 g/mol. The summed E-state index contributed by atoms with van der Waals surface area (Å²) in [4.78, 5) is 0. The number of rotatable bonds is 7. The van der Waals surface area contributed by atoms with Gasteiger partial charge in [0.1, 0.15) is 17.3 Å². The van der Waals surface area contributed by atoms with Crippen molar-refractivity contribution >= 4 is 0 Å². The van der Waals surface area contributed by atoms with Crippen molar-refractivity contribution < 1.29 is 13.9 Å². The van der Waals surface area contributed by atoms with Crippen LogP contribution in [0.1, 0.15) is 24.9 Å². The number of hydrogen-bond acceptors (Lipinski definition) is 3. The van der Waals surface area contributed by atoms with E-state index in [9.17, 15) is 4.39 Å². The van der Waals surface area contributed by atoms with E-state index in [-0.39, 0.29) is 11.9 Å². The SMILES string of the molecule is C[C@@H](N)c1cc(F)ccc1OCCCOc1ccccc1. The Bertz CT molecular complexity index is 558. The predicted molar refractivity (Wildman–Crippen MR) is 81.1 cm³/mol.